The van der Waals surface area contributed by atoms with Crippen molar-refractivity contribution in [3.8, 4) is 0 Å². The van der Waals surface area contributed by atoms with Crippen LogP contribution < -0.4 is 5.73 Å². The van der Waals surface area contributed by atoms with Crippen molar-refractivity contribution in [2.24, 2.45) is 5.73 Å². The van der Waals surface area contributed by atoms with E-state index in [1.807, 2.05) is 23.1 Å². The Bertz CT molecular complexity index is 360. The summed E-state index contributed by atoms with van der Waals surface area (Å²) in [6.07, 6.45) is 2.61. The van der Waals surface area contributed by atoms with Crippen LogP contribution >= 0.6 is 23.1 Å². The summed E-state index contributed by atoms with van der Waals surface area (Å²) in [5, 5.41) is 1.93. The summed E-state index contributed by atoms with van der Waals surface area (Å²) in [4.78, 5) is 6.13. The van der Waals surface area contributed by atoms with Crippen LogP contribution in [0.15, 0.2) is 0 Å². The van der Waals surface area contributed by atoms with Crippen molar-refractivity contribution in [2.45, 2.75) is 50.8 Å². The topological polar surface area (TPSA) is 38.9 Å². The summed E-state index contributed by atoms with van der Waals surface area (Å²) in [5.41, 5.74) is 7.15. The number of hydrogen-bond donors (Lipinski definition) is 1. The van der Waals surface area contributed by atoms with Crippen molar-refractivity contribution in [3.63, 3.8) is 0 Å². The zero-order valence-corrected chi connectivity index (χ0v) is 11.9. The van der Waals surface area contributed by atoms with Crippen LogP contribution in [0.25, 0.3) is 0 Å². The third-order valence-electron chi connectivity index (χ3n) is 2.81. The lowest BCUT2D eigenvalue weighted by atomic mass is 9.91. The normalized spacial score (nSPS) is 21.6. The SMILES string of the molecule is CC(C)(C)c1nc(C2CCCS2)sc1CN. The lowest BCUT2D eigenvalue weighted by Crippen LogP contribution is -2.15. The van der Waals surface area contributed by atoms with Gasteiger partial charge in [-0.2, -0.15) is 11.8 Å². The maximum absolute atomic E-state index is 5.82. The van der Waals surface area contributed by atoms with Gasteiger partial charge in [0.05, 0.1) is 10.9 Å². The van der Waals surface area contributed by atoms with E-state index in [9.17, 15) is 0 Å². The first-order valence-electron chi connectivity index (χ1n) is 5.84. The molecule has 0 saturated carbocycles. The number of thioether (sulfide) groups is 1. The molecule has 0 aliphatic carbocycles. The molecule has 0 spiro atoms. The molecule has 0 bridgehead atoms. The molecule has 4 heteroatoms. The van der Waals surface area contributed by atoms with Crippen molar-refractivity contribution in [3.05, 3.63) is 15.6 Å². The third kappa shape index (κ3) is 2.44. The van der Waals surface area contributed by atoms with Gasteiger partial charge in [0.1, 0.15) is 5.01 Å². The van der Waals surface area contributed by atoms with Gasteiger partial charge in [-0.15, -0.1) is 11.3 Å². The monoisotopic (exact) mass is 256 g/mol. The maximum atomic E-state index is 5.82. The van der Waals surface area contributed by atoms with Crippen molar-refractivity contribution in [2.75, 3.05) is 5.75 Å². The molecule has 1 aliphatic heterocycles. The van der Waals surface area contributed by atoms with Crippen LogP contribution in [0, 0.1) is 0 Å². The average molecular weight is 256 g/mol. The molecule has 1 aliphatic rings. The molecule has 0 amide bonds. The summed E-state index contributed by atoms with van der Waals surface area (Å²) in [6, 6.07) is 0. The predicted molar refractivity (Wildman–Crippen MR) is 73.1 cm³/mol. The van der Waals surface area contributed by atoms with Gasteiger partial charge < -0.3 is 5.73 Å². The molecule has 2 nitrogen and oxygen atoms in total. The molecule has 16 heavy (non-hydrogen) atoms. The first kappa shape index (κ1) is 12.4. The molecular weight excluding hydrogens is 236 g/mol. The minimum Gasteiger partial charge on any atom is -0.326 e. The van der Waals surface area contributed by atoms with Gasteiger partial charge in [-0.25, -0.2) is 4.98 Å². The maximum Gasteiger partial charge on any atom is 0.106 e. The summed E-state index contributed by atoms with van der Waals surface area (Å²) in [5.74, 6) is 1.28. The molecule has 2 N–H and O–H groups in total. The molecule has 2 rings (SSSR count). The Labute approximate surface area is 106 Å². The van der Waals surface area contributed by atoms with Crippen LogP contribution in [0.5, 0.6) is 0 Å². The van der Waals surface area contributed by atoms with E-state index in [1.54, 1.807) is 0 Å². The van der Waals surface area contributed by atoms with E-state index >= 15 is 0 Å². The van der Waals surface area contributed by atoms with E-state index in [-0.39, 0.29) is 5.41 Å². The molecular formula is C12H20N2S2. The second-order valence-electron chi connectivity index (χ2n) is 5.28. The Morgan fingerprint density at radius 3 is 2.62 bits per heavy atom. The fourth-order valence-electron chi connectivity index (χ4n) is 2.00. The van der Waals surface area contributed by atoms with E-state index in [1.165, 1.54) is 34.2 Å². The van der Waals surface area contributed by atoms with Crippen molar-refractivity contribution in [1.29, 1.82) is 0 Å². The molecule has 1 aromatic rings. The Hall–Kier alpha value is -0.0600. The fourth-order valence-corrected chi connectivity index (χ4v) is 4.67. The van der Waals surface area contributed by atoms with Gasteiger partial charge >= 0.3 is 0 Å². The molecule has 0 radical (unpaired) electrons. The van der Waals surface area contributed by atoms with Crippen molar-refractivity contribution in [1.82, 2.24) is 4.98 Å². The van der Waals surface area contributed by atoms with Crippen LogP contribution in [0.3, 0.4) is 0 Å². The lowest BCUT2D eigenvalue weighted by Gasteiger charge is -2.17. The van der Waals surface area contributed by atoms with Crippen LogP contribution in [0.1, 0.15) is 54.4 Å². The van der Waals surface area contributed by atoms with Gasteiger partial charge in [-0.1, -0.05) is 20.8 Å². The van der Waals surface area contributed by atoms with Crippen molar-refractivity contribution < 1.29 is 0 Å². The highest BCUT2D eigenvalue weighted by molar-refractivity contribution is 7.99. The van der Waals surface area contributed by atoms with Gasteiger partial charge in [0, 0.05) is 16.8 Å². The second kappa shape index (κ2) is 4.67. The molecule has 90 valence electrons. The quantitative estimate of drug-likeness (QED) is 0.880. The Morgan fingerprint density at radius 1 is 1.44 bits per heavy atom. The largest absolute Gasteiger partial charge is 0.326 e. The highest BCUT2D eigenvalue weighted by Crippen LogP contribution is 2.43. The number of nitrogens with two attached hydrogens (primary N) is 1. The standard InChI is InChI=1S/C12H20N2S2/c1-12(2,3)10-9(7-13)16-11(14-10)8-5-4-6-15-8/h8H,4-7,13H2,1-3H3. The van der Waals surface area contributed by atoms with Gasteiger partial charge in [-0.05, 0) is 18.6 Å². The molecule has 1 saturated heterocycles. The van der Waals surface area contributed by atoms with Crippen LogP contribution in [0.4, 0.5) is 0 Å². The number of aromatic nitrogens is 1. The predicted octanol–water partition coefficient (Wildman–Crippen LogP) is 3.47. The minimum absolute atomic E-state index is 0.118. The van der Waals surface area contributed by atoms with E-state index in [0.29, 0.717) is 11.8 Å². The summed E-state index contributed by atoms with van der Waals surface area (Å²) in [6.45, 7) is 7.27. The van der Waals surface area contributed by atoms with Gasteiger partial charge in [0.25, 0.3) is 0 Å². The van der Waals surface area contributed by atoms with Crippen LogP contribution in [-0.4, -0.2) is 10.7 Å². The summed E-state index contributed by atoms with van der Waals surface area (Å²) >= 11 is 3.87. The Kier molecular flexibility index (Phi) is 3.62. The first-order chi connectivity index (χ1) is 7.52. The van der Waals surface area contributed by atoms with Gasteiger partial charge in [-0.3, -0.25) is 0 Å². The number of rotatable bonds is 2. The lowest BCUT2D eigenvalue weighted by molar-refractivity contribution is 0.563. The smallest absolute Gasteiger partial charge is 0.106 e. The van der Waals surface area contributed by atoms with Crippen LogP contribution in [0.2, 0.25) is 0 Å². The number of thiazole rings is 1. The third-order valence-corrected chi connectivity index (χ3v) is 5.54. The van der Waals surface area contributed by atoms with E-state index in [4.69, 9.17) is 10.7 Å². The molecule has 1 unspecified atom stereocenters. The second-order valence-corrected chi connectivity index (χ2v) is 7.71. The molecule has 1 atom stereocenters. The Morgan fingerprint density at radius 2 is 2.19 bits per heavy atom. The van der Waals surface area contributed by atoms with Gasteiger partial charge in [0.15, 0.2) is 0 Å². The number of nitrogens with zero attached hydrogens (tertiary/aromatic N) is 1. The molecule has 2 heterocycles. The molecule has 0 aromatic carbocycles. The molecule has 1 aromatic heterocycles. The average Bonchev–Trinajstić information content (AvgIpc) is 2.85. The fraction of sp³-hybridized carbons (Fsp3) is 0.750. The highest BCUT2D eigenvalue weighted by Gasteiger charge is 2.27. The molecule has 1 fully saturated rings. The van der Waals surface area contributed by atoms with E-state index < -0.39 is 0 Å². The first-order valence-corrected chi connectivity index (χ1v) is 7.70. The zero-order chi connectivity index (χ0) is 11.8. The zero-order valence-electron chi connectivity index (χ0n) is 10.2. The highest BCUT2D eigenvalue weighted by atomic mass is 32.2. The van der Waals surface area contributed by atoms with E-state index in [2.05, 4.69) is 20.8 Å². The van der Waals surface area contributed by atoms with E-state index in [0.717, 1.165) is 0 Å². The number of hydrogen-bond acceptors (Lipinski definition) is 4. The Balaban J connectivity index is 2.31. The summed E-state index contributed by atoms with van der Waals surface area (Å²) in [7, 11) is 0. The van der Waals surface area contributed by atoms with Crippen LogP contribution in [-0.2, 0) is 12.0 Å². The summed E-state index contributed by atoms with van der Waals surface area (Å²) < 4.78 is 0. The minimum atomic E-state index is 0.118. The van der Waals surface area contributed by atoms with Gasteiger partial charge in [0.2, 0.25) is 0 Å². The van der Waals surface area contributed by atoms with Crippen molar-refractivity contribution >= 4 is 23.1 Å².